The minimum absolute atomic E-state index is 0.00959. The third-order valence-electron chi connectivity index (χ3n) is 7.00. The monoisotopic (exact) mass is 396 g/mol. The van der Waals surface area contributed by atoms with Crippen molar-refractivity contribution in [2.24, 2.45) is 17.8 Å². The first-order chi connectivity index (χ1) is 13.6. The molecule has 2 saturated carbocycles. The summed E-state index contributed by atoms with van der Waals surface area (Å²) in [6.07, 6.45) is 9.53. The first kappa shape index (κ1) is 22.0. The van der Waals surface area contributed by atoms with Crippen LogP contribution >= 0.6 is 0 Å². The normalized spacial score (nSPS) is 38.0. The zero-order valence-electron chi connectivity index (χ0n) is 17.6. The number of ether oxygens (including phenoxy) is 1. The molecule has 2 aliphatic carbocycles. The third kappa shape index (κ3) is 6.13. The van der Waals surface area contributed by atoms with Crippen LogP contribution in [0.2, 0.25) is 0 Å². The van der Waals surface area contributed by atoms with Gasteiger partial charge in [0.15, 0.2) is 0 Å². The Hall–Kier alpha value is -0.730. The number of hydrogen-bond donors (Lipinski definition) is 5. The number of hydrogen-bond acceptors (Lipinski definition) is 6. The van der Waals surface area contributed by atoms with Gasteiger partial charge < -0.3 is 15.2 Å². The van der Waals surface area contributed by atoms with E-state index in [1.807, 2.05) is 14.0 Å². The van der Waals surface area contributed by atoms with Crippen LogP contribution in [0.15, 0.2) is 0 Å². The van der Waals surface area contributed by atoms with Gasteiger partial charge in [0.05, 0.1) is 12.7 Å². The molecule has 2 unspecified atom stereocenters. The van der Waals surface area contributed by atoms with Crippen molar-refractivity contribution in [1.29, 1.82) is 0 Å². The highest BCUT2D eigenvalue weighted by molar-refractivity contribution is 5.79. The molecule has 3 atom stereocenters. The summed E-state index contributed by atoms with van der Waals surface area (Å²) in [6.45, 7) is 3.93. The maximum absolute atomic E-state index is 12.4. The molecule has 28 heavy (non-hydrogen) atoms. The average Bonchev–Trinajstić information content (AvgIpc) is 2.74. The molecular weight excluding hydrogens is 356 g/mol. The Bertz CT molecular complexity index is 476. The number of methoxy groups -OCH3 is 1. The molecule has 0 aromatic heterocycles. The molecule has 1 heterocycles. The van der Waals surface area contributed by atoms with Crippen LogP contribution in [0, 0.1) is 17.8 Å². The number of rotatable bonds is 7. The molecule has 0 radical (unpaired) electrons. The number of carbonyl (C=O) groups excluding carboxylic acids is 1. The summed E-state index contributed by atoms with van der Waals surface area (Å²) >= 11 is 0. The highest BCUT2D eigenvalue weighted by atomic mass is 16.5. The van der Waals surface area contributed by atoms with Crippen LogP contribution in [0.4, 0.5) is 0 Å². The molecule has 7 nitrogen and oxygen atoms in total. The summed E-state index contributed by atoms with van der Waals surface area (Å²) in [5, 5.41) is 23.0. The lowest BCUT2D eigenvalue weighted by molar-refractivity contribution is -0.127. The van der Waals surface area contributed by atoms with Crippen LogP contribution in [0.25, 0.3) is 0 Å². The second-order valence-electron chi connectivity index (χ2n) is 9.10. The number of amides is 1. The van der Waals surface area contributed by atoms with Crippen LogP contribution in [-0.2, 0) is 9.53 Å². The van der Waals surface area contributed by atoms with Crippen molar-refractivity contribution in [3.05, 3.63) is 0 Å². The van der Waals surface area contributed by atoms with Gasteiger partial charge in [-0.1, -0.05) is 6.42 Å². The molecule has 5 N–H and O–H groups in total. The summed E-state index contributed by atoms with van der Waals surface area (Å²) < 4.78 is 5.50. The summed E-state index contributed by atoms with van der Waals surface area (Å²) in [5.41, 5.74) is 0. The van der Waals surface area contributed by atoms with E-state index < -0.39 is 0 Å². The lowest BCUT2D eigenvalue weighted by Gasteiger charge is -2.40. The van der Waals surface area contributed by atoms with Gasteiger partial charge in [0, 0.05) is 38.2 Å². The van der Waals surface area contributed by atoms with E-state index in [9.17, 15) is 4.79 Å². The zero-order valence-corrected chi connectivity index (χ0v) is 17.6. The van der Waals surface area contributed by atoms with Crippen molar-refractivity contribution in [2.75, 3.05) is 26.8 Å². The van der Waals surface area contributed by atoms with Gasteiger partial charge in [-0.05, 0) is 63.7 Å². The molecule has 7 heteroatoms. The minimum Gasteiger partial charge on any atom is -0.394 e. The van der Waals surface area contributed by atoms with Crippen LogP contribution in [-0.4, -0.2) is 62.3 Å². The van der Waals surface area contributed by atoms with E-state index in [2.05, 4.69) is 21.3 Å². The van der Waals surface area contributed by atoms with E-state index in [0.29, 0.717) is 18.1 Å². The van der Waals surface area contributed by atoms with Gasteiger partial charge in [-0.15, -0.1) is 0 Å². The molecule has 0 aromatic carbocycles. The highest BCUT2D eigenvalue weighted by Crippen LogP contribution is 2.32. The number of aliphatic hydroxyl groups is 1. The number of aliphatic hydroxyl groups excluding tert-OH is 1. The molecule has 1 saturated heterocycles. The van der Waals surface area contributed by atoms with Crippen molar-refractivity contribution in [1.82, 2.24) is 21.3 Å². The standard InChI is InChI=1S/C21H40N4O3/c1-14(13-26)24-20(27)16-4-3-5-18(10-16)25-21-22-11-17(12-23-21)15-6-8-19(28-2)9-7-15/h14-19,21-23,25-26H,3-13H2,1-2H3,(H,24,27)/t14-,15?,16?,17?,18?,19?,21?/m0/s1. The summed E-state index contributed by atoms with van der Waals surface area (Å²) in [4.78, 5) is 12.4. The van der Waals surface area contributed by atoms with E-state index >= 15 is 0 Å². The molecule has 0 spiro atoms. The quantitative estimate of drug-likeness (QED) is 0.440. The van der Waals surface area contributed by atoms with Crippen molar-refractivity contribution in [3.63, 3.8) is 0 Å². The van der Waals surface area contributed by atoms with Gasteiger partial charge in [0.25, 0.3) is 0 Å². The Morgan fingerprint density at radius 3 is 2.46 bits per heavy atom. The Balaban J connectivity index is 1.38. The number of carbonyl (C=O) groups is 1. The Kier molecular flexibility index (Phi) is 8.53. The van der Waals surface area contributed by atoms with Crippen LogP contribution in [0.1, 0.15) is 58.3 Å². The Morgan fingerprint density at radius 2 is 1.82 bits per heavy atom. The van der Waals surface area contributed by atoms with Crippen LogP contribution < -0.4 is 21.3 Å². The fourth-order valence-electron chi connectivity index (χ4n) is 5.15. The van der Waals surface area contributed by atoms with Gasteiger partial charge in [0.1, 0.15) is 6.29 Å². The first-order valence-corrected chi connectivity index (χ1v) is 11.3. The fraction of sp³-hybridized carbons (Fsp3) is 0.952. The van der Waals surface area contributed by atoms with E-state index in [1.165, 1.54) is 25.7 Å². The summed E-state index contributed by atoms with van der Waals surface area (Å²) in [7, 11) is 1.83. The van der Waals surface area contributed by atoms with E-state index in [-0.39, 0.29) is 30.8 Å². The third-order valence-corrected chi connectivity index (χ3v) is 7.00. The molecule has 162 valence electrons. The zero-order chi connectivity index (χ0) is 19.9. The molecule has 3 aliphatic rings. The Morgan fingerprint density at radius 1 is 1.11 bits per heavy atom. The lowest BCUT2D eigenvalue weighted by atomic mass is 9.78. The minimum atomic E-state index is -0.168. The molecule has 3 fully saturated rings. The Labute approximate surface area is 169 Å². The fourth-order valence-corrected chi connectivity index (χ4v) is 5.15. The van der Waals surface area contributed by atoms with E-state index in [4.69, 9.17) is 9.84 Å². The van der Waals surface area contributed by atoms with Gasteiger partial charge in [-0.2, -0.15) is 0 Å². The number of nitrogens with one attached hydrogen (secondary N) is 4. The topological polar surface area (TPSA) is 94.7 Å². The van der Waals surface area contributed by atoms with Crippen molar-refractivity contribution >= 4 is 5.91 Å². The van der Waals surface area contributed by atoms with Crippen molar-refractivity contribution in [2.45, 2.75) is 82.8 Å². The molecule has 0 aromatic rings. The SMILES string of the molecule is COC1CCC(C2CNC(NC3CCCC(C(=O)N[C@@H](C)CO)C3)NC2)CC1. The predicted octanol–water partition coefficient (Wildman–Crippen LogP) is 0.930. The first-order valence-electron chi connectivity index (χ1n) is 11.3. The summed E-state index contributed by atoms with van der Waals surface area (Å²) in [6, 6.07) is 0.186. The van der Waals surface area contributed by atoms with Gasteiger partial charge in [-0.25, -0.2) is 0 Å². The van der Waals surface area contributed by atoms with E-state index in [1.54, 1.807) is 0 Å². The largest absolute Gasteiger partial charge is 0.394 e. The van der Waals surface area contributed by atoms with Gasteiger partial charge >= 0.3 is 0 Å². The second-order valence-corrected chi connectivity index (χ2v) is 9.10. The lowest BCUT2D eigenvalue weighted by Crippen LogP contribution is -2.63. The summed E-state index contributed by atoms with van der Waals surface area (Å²) in [5.74, 6) is 1.63. The van der Waals surface area contributed by atoms with E-state index in [0.717, 1.165) is 44.7 Å². The smallest absolute Gasteiger partial charge is 0.223 e. The molecule has 1 aliphatic heterocycles. The van der Waals surface area contributed by atoms with Crippen LogP contribution in [0.5, 0.6) is 0 Å². The van der Waals surface area contributed by atoms with Crippen molar-refractivity contribution in [3.8, 4) is 0 Å². The maximum atomic E-state index is 12.4. The molecule has 3 rings (SSSR count). The molecular formula is C21H40N4O3. The molecule has 0 bridgehead atoms. The van der Waals surface area contributed by atoms with Crippen LogP contribution in [0.3, 0.4) is 0 Å². The van der Waals surface area contributed by atoms with Crippen molar-refractivity contribution < 1.29 is 14.6 Å². The highest BCUT2D eigenvalue weighted by Gasteiger charge is 2.33. The maximum Gasteiger partial charge on any atom is 0.223 e. The predicted molar refractivity (Wildman–Crippen MR) is 110 cm³/mol. The van der Waals surface area contributed by atoms with Gasteiger partial charge in [-0.3, -0.25) is 20.7 Å². The van der Waals surface area contributed by atoms with Gasteiger partial charge in [0.2, 0.25) is 5.91 Å². The second kappa shape index (κ2) is 10.9. The molecule has 1 amide bonds. The average molecular weight is 397 g/mol.